The Balaban J connectivity index is 2.14. The first-order valence-electron chi connectivity index (χ1n) is 7.45. The average molecular weight is 397 g/mol. The van der Waals surface area contributed by atoms with Gasteiger partial charge in [-0.05, 0) is 43.3 Å². The number of carbonyl (C=O) groups is 3. The molecule has 25 heavy (non-hydrogen) atoms. The fourth-order valence-corrected chi connectivity index (χ4v) is 2.96. The van der Waals surface area contributed by atoms with Crippen molar-refractivity contribution in [2.75, 3.05) is 5.32 Å². The number of aldehydes is 1. The number of benzene rings is 2. The summed E-state index contributed by atoms with van der Waals surface area (Å²) in [4.78, 5) is 38.9. The maximum atomic E-state index is 12.0. The number of nitrogens with one attached hydrogen (secondary N) is 1. The molecule has 0 aliphatic carbocycles. The Morgan fingerprint density at radius 3 is 2.64 bits per heavy atom. The summed E-state index contributed by atoms with van der Waals surface area (Å²) < 4.78 is 0.812. The molecule has 0 spiro atoms. The summed E-state index contributed by atoms with van der Waals surface area (Å²) in [6, 6.07) is 12.2. The van der Waals surface area contributed by atoms with E-state index in [0.29, 0.717) is 22.5 Å². The SMILES string of the molecule is CC(=O)c1ccc(Br)cc1Nc1cc(C(=O)C=O)c2ncccc2c1. The van der Waals surface area contributed by atoms with Crippen LogP contribution >= 0.6 is 15.9 Å². The van der Waals surface area contributed by atoms with E-state index in [4.69, 9.17) is 0 Å². The molecule has 0 bridgehead atoms. The van der Waals surface area contributed by atoms with Gasteiger partial charge in [0.05, 0.1) is 16.8 Å². The average Bonchev–Trinajstić information content (AvgIpc) is 2.60. The third kappa shape index (κ3) is 3.49. The van der Waals surface area contributed by atoms with Crippen LogP contribution < -0.4 is 5.32 Å². The molecule has 0 atom stereocenters. The number of carbonyl (C=O) groups excluding carboxylic acids is 3. The van der Waals surface area contributed by atoms with Gasteiger partial charge in [-0.1, -0.05) is 22.0 Å². The molecule has 3 rings (SSSR count). The molecule has 2 aromatic carbocycles. The van der Waals surface area contributed by atoms with Crippen LogP contribution in [0.15, 0.2) is 53.1 Å². The van der Waals surface area contributed by atoms with E-state index < -0.39 is 5.78 Å². The molecule has 1 aromatic heterocycles. The van der Waals surface area contributed by atoms with Crippen molar-refractivity contribution in [3.05, 3.63) is 64.3 Å². The molecule has 0 saturated carbocycles. The molecule has 0 fully saturated rings. The zero-order chi connectivity index (χ0) is 18.0. The molecule has 0 aliphatic rings. The lowest BCUT2D eigenvalue weighted by Gasteiger charge is -2.13. The monoisotopic (exact) mass is 396 g/mol. The van der Waals surface area contributed by atoms with E-state index in [1.54, 1.807) is 36.5 Å². The maximum absolute atomic E-state index is 12.0. The molecule has 1 heterocycles. The van der Waals surface area contributed by atoms with Gasteiger partial charge >= 0.3 is 0 Å². The van der Waals surface area contributed by atoms with Gasteiger partial charge in [-0.25, -0.2) is 0 Å². The van der Waals surface area contributed by atoms with Crippen LogP contribution in [-0.4, -0.2) is 22.8 Å². The Labute approximate surface area is 152 Å². The summed E-state index contributed by atoms with van der Waals surface area (Å²) in [5.74, 6) is -0.727. The third-order valence-corrected chi connectivity index (χ3v) is 4.21. The predicted molar refractivity (Wildman–Crippen MR) is 99.6 cm³/mol. The largest absolute Gasteiger partial charge is 0.355 e. The van der Waals surface area contributed by atoms with E-state index in [2.05, 4.69) is 26.2 Å². The molecule has 6 heteroatoms. The van der Waals surface area contributed by atoms with Crippen LogP contribution in [0.3, 0.4) is 0 Å². The van der Waals surface area contributed by atoms with Crippen LogP contribution in [0.1, 0.15) is 27.6 Å². The number of ketones is 2. The van der Waals surface area contributed by atoms with Crippen molar-refractivity contribution >= 4 is 56.1 Å². The molecule has 5 nitrogen and oxygen atoms in total. The lowest BCUT2D eigenvalue weighted by Crippen LogP contribution is -2.05. The van der Waals surface area contributed by atoms with Crippen molar-refractivity contribution in [3.63, 3.8) is 0 Å². The van der Waals surface area contributed by atoms with Crippen molar-refractivity contribution in [1.82, 2.24) is 4.98 Å². The lowest BCUT2D eigenvalue weighted by molar-refractivity contribution is -0.104. The Morgan fingerprint density at radius 2 is 1.92 bits per heavy atom. The summed E-state index contributed by atoms with van der Waals surface area (Å²) in [6.07, 6.45) is 1.84. The van der Waals surface area contributed by atoms with Gasteiger partial charge in [-0.3, -0.25) is 19.4 Å². The number of fused-ring (bicyclic) bond motifs is 1. The molecular formula is C19H13BrN2O3. The summed E-state index contributed by atoms with van der Waals surface area (Å²) in [5, 5.41) is 3.88. The quantitative estimate of drug-likeness (QED) is 0.394. The first-order valence-corrected chi connectivity index (χ1v) is 8.24. The number of Topliss-reactive ketones (excluding diaryl/α,β-unsaturated/α-hetero) is 2. The van der Waals surface area contributed by atoms with Gasteiger partial charge < -0.3 is 5.32 Å². The van der Waals surface area contributed by atoms with Gasteiger partial charge in [0.25, 0.3) is 0 Å². The summed E-state index contributed by atoms with van der Waals surface area (Å²) in [6.45, 7) is 1.49. The molecule has 124 valence electrons. The predicted octanol–water partition coefficient (Wildman–Crippen LogP) is 4.33. The van der Waals surface area contributed by atoms with Crippen LogP contribution in [0.25, 0.3) is 10.9 Å². The van der Waals surface area contributed by atoms with Gasteiger partial charge in [0, 0.05) is 27.3 Å². The maximum Gasteiger partial charge on any atom is 0.227 e. The van der Waals surface area contributed by atoms with Crippen molar-refractivity contribution in [2.45, 2.75) is 6.92 Å². The van der Waals surface area contributed by atoms with Gasteiger partial charge in [-0.2, -0.15) is 0 Å². The van der Waals surface area contributed by atoms with E-state index in [9.17, 15) is 14.4 Å². The highest BCUT2D eigenvalue weighted by Gasteiger charge is 2.14. The van der Waals surface area contributed by atoms with E-state index in [1.165, 1.54) is 6.92 Å². The smallest absolute Gasteiger partial charge is 0.227 e. The molecule has 1 N–H and O–H groups in total. The Kier molecular flexibility index (Phi) is 4.72. The molecular weight excluding hydrogens is 384 g/mol. The van der Waals surface area contributed by atoms with Gasteiger partial charge in [0.1, 0.15) is 0 Å². The molecule has 0 amide bonds. The number of anilines is 2. The minimum Gasteiger partial charge on any atom is -0.355 e. The van der Waals surface area contributed by atoms with E-state index in [0.717, 1.165) is 9.86 Å². The van der Waals surface area contributed by atoms with E-state index in [-0.39, 0.29) is 17.6 Å². The van der Waals surface area contributed by atoms with Crippen LogP contribution in [0, 0.1) is 0 Å². The van der Waals surface area contributed by atoms with Crippen LogP contribution in [0.4, 0.5) is 11.4 Å². The first kappa shape index (κ1) is 17.0. The molecule has 0 aliphatic heterocycles. The second-order valence-corrected chi connectivity index (χ2v) is 6.37. The zero-order valence-electron chi connectivity index (χ0n) is 13.2. The summed E-state index contributed by atoms with van der Waals surface area (Å²) in [5.41, 5.74) is 2.40. The van der Waals surface area contributed by atoms with E-state index in [1.807, 2.05) is 12.1 Å². The van der Waals surface area contributed by atoms with Crippen LogP contribution in [0.2, 0.25) is 0 Å². The Bertz CT molecular complexity index is 1010. The number of hydrogen-bond donors (Lipinski definition) is 1. The minimum atomic E-state index is -0.645. The standard InChI is InChI=1S/C19H13BrN2O3/c1-11(24)15-5-4-13(20)8-17(15)22-14-7-12-3-2-6-21-19(12)16(9-14)18(25)10-23/h2-10,22H,1H3. The number of aromatic nitrogens is 1. The van der Waals surface area contributed by atoms with E-state index >= 15 is 0 Å². The highest BCUT2D eigenvalue weighted by Crippen LogP contribution is 2.29. The molecule has 0 unspecified atom stereocenters. The lowest BCUT2D eigenvalue weighted by atomic mass is 10.0. The number of pyridine rings is 1. The third-order valence-electron chi connectivity index (χ3n) is 3.72. The van der Waals surface area contributed by atoms with Crippen molar-refractivity contribution < 1.29 is 14.4 Å². The highest BCUT2D eigenvalue weighted by atomic mass is 79.9. The van der Waals surface area contributed by atoms with Crippen LogP contribution in [0.5, 0.6) is 0 Å². The number of rotatable bonds is 5. The molecule has 3 aromatic rings. The number of hydrogen-bond acceptors (Lipinski definition) is 5. The summed E-state index contributed by atoms with van der Waals surface area (Å²) >= 11 is 3.39. The molecule has 0 radical (unpaired) electrons. The minimum absolute atomic E-state index is 0.0818. The van der Waals surface area contributed by atoms with Gasteiger partial charge in [0.15, 0.2) is 12.1 Å². The second kappa shape index (κ2) is 6.94. The normalized spacial score (nSPS) is 10.5. The van der Waals surface area contributed by atoms with Crippen molar-refractivity contribution in [2.24, 2.45) is 0 Å². The second-order valence-electron chi connectivity index (χ2n) is 5.45. The Hall–Kier alpha value is -2.86. The fraction of sp³-hybridized carbons (Fsp3) is 0.0526. The zero-order valence-corrected chi connectivity index (χ0v) is 14.8. The fourth-order valence-electron chi connectivity index (χ4n) is 2.60. The van der Waals surface area contributed by atoms with Crippen molar-refractivity contribution in [1.29, 1.82) is 0 Å². The summed E-state index contributed by atoms with van der Waals surface area (Å²) in [7, 11) is 0. The number of halogens is 1. The van der Waals surface area contributed by atoms with Crippen molar-refractivity contribution in [3.8, 4) is 0 Å². The topological polar surface area (TPSA) is 76.1 Å². The number of nitrogens with zero attached hydrogens (tertiary/aromatic N) is 1. The molecule has 0 saturated heterocycles. The van der Waals surface area contributed by atoms with Gasteiger partial charge in [0.2, 0.25) is 5.78 Å². The van der Waals surface area contributed by atoms with Crippen LogP contribution in [-0.2, 0) is 4.79 Å². The highest BCUT2D eigenvalue weighted by molar-refractivity contribution is 9.10. The Morgan fingerprint density at radius 1 is 1.12 bits per heavy atom. The first-order chi connectivity index (χ1) is 12.0. The van der Waals surface area contributed by atoms with Gasteiger partial charge in [-0.15, -0.1) is 0 Å².